The summed E-state index contributed by atoms with van der Waals surface area (Å²) in [5, 5.41) is 16.8. The predicted octanol–water partition coefficient (Wildman–Crippen LogP) is 4.43. The molecule has 29 heavy (non-hydrogen) atoms. The molecule has 0 fully saturated rings. The number of hydrogen-bond donors (Lipinski definition) is 1. The lowest BCUT2D eigenvalue weighted by atomic mass is 10.1. The van der Waals surface area contributed by atoms with Crippen molar-refractivity contribution in [2.45, 2.75) is 20.8 Å². The monoisotopic (exact) mass is 386 g/mol. The minimum atomic E-state index is -0.507. The third kappa shape index (κ3) is 4.71. The van der Waals surface area contributed by atoms with Gasteiger partial charge in [0.05, 0.1) is 18.0 Å². The van der Waals surface area contributed by atoms with E-state index in [9.17, 15) is 10.1 Å². The summed E-state index contributed by atoms with van der Waals surface area (Å²) in [4.78, 5) is 12.8. The van der Waals surface area contributed by atoms with Crippen LogP contribution in [-0.2, 0) is 4.79 Å². The molecular weight excluding hydrogens is 364 g/mol. The van der Waals surface area contributed by atoms with Crippen LogP contribution in [0.25, 0.3) is 11.8 Å². The van der Waals surface area contributed by atoms with Gasteiger partial charge in [-0.25, -0.2) is 4.68 Å². The van der Waals surface area contributed by atoms with E-state index >= 15 is 0 Å². The van der Waals surface area contributed by atoms with E-state index in [4.69, 9.17) is 4.74 Å². The lowest BCUT2D eigenvalue weighted by molar-refractivity contribution is -0.112. The maximum Gasteiger partial charge on any atom is 0.267 e. The van der Waals surface area contributed by atoms with Gasteiger partial charge in [-0.15, -0.1) is 0 Å². The number of benzene rings is 2. The molecule has 1 aromatic heterocycles. The zero-order chi connectivity index (χ0) is 20.8. The van der Waals surface area contributed by atoms with Crippen LogP contribution in [0.2, 0.25) is 0 Å². The van der Waals surface area contributed by atoms with Crippen LogP contribution in [-0.4, -0.2) is 22.3 Å². The second kappa shape index (κ2) is 8.89. The Labute approximate surface area is 170 Å². The highest BCUT2D eigenvalue weighted by Crippen LogP contribution is 2.22. The van der Waals surface area contributed by atoms with E-state index in [1.165, 1.54) is 6.08 Å². The molecule has 0 saturated carbocycles. The summed E-state index contributed by atoms with van der Waals surface area (Å²) >= 11 is 0. The number of rotatable bonds is 6. The number of nitriles is 1. The van der Waals surface area contributed by atoms with Gasteiger partial charge in [0.2, 0.25) is 0 Å². The van der Waals surface area contributed by atoms with Gasteiger partial charge in [-0.2, -0.15) is 10.4 Å². The van der Waals surface area contributed by atoms with E-state index in [0.29, 0.717) is 23.7 Å². The standard InChI is InChI=1S/C23H22N4O2/c1-4-29-21-8-6-5-7-18(21)14-19(15-24)23(28)25-22-13-17(3)26-27(22)20-11-9-16(2)10-12-20/h5-14H,4H2,1-3H3,(H,25,28)/b19-14+. The molecule has 1 amide bonds. The molecule has 0 atom stereocenters. The fourth-order valence-corrected chi connectivity index (χ4v) is 2.85. The van der Waals surface area contributed by atoms with E-state index in [1.54, 1.807) is 22.9 Å². The van der Waals surface area contributed by atoms with Crippen LogP contribution in [0.15, 0.2) is 60.2 Å². The minimum absolute atomic E-state index is 0.0218. The molecule has 0 unspecified atom stereocenters. The van der Waals surface area contributed by atoms with E-state index in [1.807, 2.05) is 63.2 Å². The largest absolute Gasteiger partial charge is 0.493 e. The maximum atomic E-state index is 12.8. The van der Waals surface area contributed by atoms with Crippen molar-refractivity contribution in [1.29, 1.82) is 5.26 Å². The van der Waals surface area contributed by atoms with Gasteiger partial charge in [0, 0.05) is 11.6 Å². The lowest BCUT2D eigenvalue weighted by Gasteiger charge is -2.10. The average molecular weight is 386 g/mol. The quantitative estimate of drug-likeness (QED) is 0.502. The summed E-state index contributed by atoms with van der Waals surface area (Å²) < 4.78 is 7.22. The van der Waals surface area contributed by atoms with Crippen molar-refractivity contribution >= 4 is 17.8 Å². The number of para-hydroxylation sites is 1. The molecular formula is C23H22N4O2. The van der Waals surface area contributed by atoms with Crippen molar-refractivity contribution in [3.05, 3.63) is 77.0 Å². The molecule has 0 saturated heterocycles. The van der Waals surface area contributed by atoms with Crippen LogP contribution in [0.5, 0.6) is 5.75 Å². The normalized spacial score (nSPS) is 11.0. The molecule has 1 N–H and O–H groups in total. The van der Waals surface area contributed by atoms with Crippen LogP contribution in [0.1, 0.15) is 23.7 Å². The Morgan fingerprint density at radius 3 is 2.62 bits per heavy atom. The van der Waals surface area contributed by atoms with Gasteiger partial charge >= 0.3 is 0 Å². The van der Waals surface area contributed by atoms with Crippen molar-refractivity contribution < 1.29 is 9.53 Å². The Bertz CT molecular complexity index is 1090. The zero-order valence-electron chi connectivity index (χ0n) is 16.6. The predicted molar refractivity (Wildman–Crippen MR) is 113 cm³/mol. The molecule has 146 valence electrons. The number of nitrogens with zero attached hydrogens (tertiary/aromatic N) is 3. The first-order valence-corrected chi connectivity index (χ1v) is 9.30. The fourth-order valence-electron chi connectivity index (χ4n) is 2.85. The lowest BCUT2D eigenvalue weighted by Crippen LogP contribution is -2.16. The number of aryl methyl sites for hydroxylation is 2. The summed E-state index contributed by atoms with van der Waals surface area (Å²) in [5.74, 6) is 0.610. The number of aromatic nitrogens is 2. The molecule has 0 aliphatic carbocycles. The van der Waals surface area contributed by atoms with Crippen molar-refractivity contribution in [2.24, 2.45) is 0 Å². The van der Waals surface area contributed by atoms with Gasteiger partial charge in [0.1, 0.15) is 23.2 Å². The first-order chi connectivity index (χ1) is 14.0. The number of carbonyl (C=O) groups is 1. The van der Waals surface area contributed by atoms with Crippen LogP contribution in [0, 0.1) is 25.2 Å². The summed E-state index contributed by atoms with van der Waals surface area (Å²) in [6, 6.07) is 18.8. The highest BCUT2D eigenvalue weighted by atomic mass is 16.5. The fraction of sp³-hybridized carbons (Fsp3) is 0.174. The summed E-state index contributed by atoms with van der Waals surface area (Å²) in [7, 11) is 0. The minimum Gasteiger partial charge on any atom is -0.493 e. The van der Waals surface area contributed by atoms with E-state index in [2.05, 4.69) is 10.4 Å². The highest BCUT2D eigenvalue weighted by Gasteiger charge is 2.15. The molecule has 1 heterocycles. The Balaban J connectivity index is 1.90. The Hall–Kier alpha value is -3.85. The summed E-state index contributed by atoms with van der Waals surface area (Å²) in [6.45, 7) is 6.23. The van der Waals surface area contributed by atoms with E-state index in [-0.39, 0.29) is 5.57 Å². The molecule has 3 rings (SSSR count). The molecule has 6 nitrogen and oxygen atoms in total. The van der Waals surface area contributed by atoms with Crippen LogP contribution in [0.4, 0.5) is 5.82 Å². The SMILES string of the molecule is CCOc1ccccc1/C=C(\C#N)C(=O)Nc1cc(C)nn1-c1ccc(C)cc1. The highest BCUT2D eigenvalue weighted by molar-refractivity contribution is 6.09. The second-order valence-corrected chi connectivity index (χ2v) is 6.51. The number of nitrogens with one attached hydrogen (secondary N) is 1. The van der Waals surface area contributed by atoms with E-state index in [0.717, 1.165) is 16.9 Å². The molecule has 0 aliphatic heterocycles. The van der Waals surface area contributed by atoms with Gasteiger partial charge in [0.25, 0.3) is 5.91 Å². The van der Waals surface area contributed by atoms with Crippen LogP contribution < -0.4 is 10.1 Å². The number of ether oxygens (including phenoxy) is 1. The average Bonchev–Trinajstić information content (AvgIpc) is 3.08. The number of anilines is 1. The second-order valence-electron chi connectivity index (χ2n) is 6.51. The molecule has 3 aromatic rings. The topological polar surface area (TPSA) is 79.9 Å². The summed E-state index contributed by atoms with van der Waals surface area (Å²) in [6.07, 6.45) is 1.53. The number of carbonyl (C=O) groups excluding carboxylic acids is 1. The third-order valence-corrected chi connectivity index (χ3v) is 4.24. The third-order valence-electron chi connectivity index (χ3n) is 4.24. The number of hydrogen-bond acceptors (Lipinski definition) is 4. The molecule has 0 spiro atoms. The Morgan fingerprint density at radius 1 is 1.21 bits per heavy atom. The van der Waals surface area contributed by atoms with Gasteiger partial charge in [-0.3, -0.25) is 4.79 Å². The van der Waals surface area contributed by atoms with Gasteiger partial charge in [-0.05, 0) is 45.0 Å². The molecule has 0 aliphatic rings. The molecule has 0 radical (unpaired) electrons. The maximum absolute atomic E-state index is 12.8. The smallest absolute Gasteiger partial charge is 0.267 e. The van der Waals surface area contributed by atoms with Gasteiger partial charge in [0.15, 0.2) is 0 Å². The van der Waals surface area contributed by atoms with Crippen molar-refractivity contribution in [3.8, 4) is 17.5 Å². The van der Waals surface area contributed by atoms with Crippen molar-refractivity contribution in [3.63, 3.8) is 0 Å². The summed E-state index contributed by atoms with van der Waals surface area (Å²) in [5.41, 5.74) is 3.36. The first-order valence-electron chi connectivity index (χ1n) is 9.30. The van der Waals surface area contributed by atoms with Crippen molar-refractivity contribution in [2.75, 3.05) is 11.9 Å². The van der Waals surface area contributed by atoms with Crippen LogP contribution >= 0.6 is 0 Å². The van der Waals surface area contributed by atoms with Gasteiger partial charge < -0.3 is 10.1 Å². The van der Waals surface area contributed by atoms with Crippen LogP contribution in [0.3, 0.4) is 0 Å². The van der Waals surface area contributed by atoms with E-state index < -0.39 is 5.91 Å². The molecule has 0 bridgehead atoms. The Morgan fingerprint density at radius 2 is 1.93 bits per heavy atom. The van der Waals surface area contributed by atoms with Crippen molar-refractivity contribution in [1.82, 2.24) is 9.78 Å². The molecule has 2 aromatic carbocycles. The molecule has 6 heteroatoms. The van der Waals surface area contributed by atoms with Gasteiger partial charge in [-0.1, -0.05) is 35.9 Å². The first kappa shape index (κ1) is 19.9. The Kier molecular flexibility index (Phi) is 6.10. The zero-order valence-corrected chi connectivity index (χ0v) is 16.6. The number of amides is 1.